The van der Waals surface area contributed by atoms with Crippen LogP contribution >= 0.6 is 0 Å². The summed E-state index contributed by atoms with van der Waals surface area (Å²) in [5.74, 6) is -0.487. The number of rotatable bonds is 23. The summed E-state index contributed by atoms with van der Waals surface area (Å²) in [5, 5.41) is 13.6. The van der Waals surface area contributed by atoms with E-state index in [0.29, 0.717) is 25.9 Å². The minimum absolute atomic E-state index is 0.117. The van der Waals surface area contributed by atoms with Gasteiger partial charge in [-0.2, -0.15) is 0 Å². The molecule has 0 aliphatic heterocycles. The van der Waals surface area contributed by atoms with Crippen molar-refractivity contribution in [1.82, 2.24) is 31.2 Å². The smallest absolute Gasteiger partial charge is 0.408 e. The van der Waals surface area contributed by atoms with Crippen LogP contribution in [0.5, 0.6) is 0 Å². The lowest BCUT2D eigenvalue weighted by atomic mass is 10.0. The van der Waals surface area contributed by atoms with Gasteiger partial charge < -0.3 is 40.7 Å². The van der Waals surface area contributed by atoms with E-state index in [1.807, 2.05) is 122 Å². The van der Waals surface area contributed by atoms with Gasteiger partial charge >= 0.3 is 12.2 Å². The SMILES string of the molecule is O=C(NC(Cc1c[nH]c2ccccc12)C(=O)NCCCCCCCCCCNC(=O)C(Cc1c[nH]c2ccccc12)NC(=O)OCc1ccccc1)OCc1ccccc1. The molecule has 6 aromatic rings. The Balaban J connectivity index is 0.862. The maximum Gasteiger partial charge on any atom is 0.408 e. The van der Waals surface area contributed by atoms with Crippen LogP contribution in [0.15, 0.2) is 122 Å². The Morgan fingerprint density at radius 3 is 1.25 bits per heavy atom. The summed E-state index contributed by atoms with van der Waals surface area (Å²) in [6, 6.07) is 33.0. The molecule has 4 aromatic carbocycles. The van der Waals surface area contributed by atoms with E-state index >= 15 is 0 Å². The molecule has 0 aliphatic carbocycles. The van der Waals surface area contributed by atoms with Crippen molar-refractivity contribution in [2.45, 2.75) is 89.5 Å². The highest BCUT2D eigenvalue weighted by molar-refractivity contribution is 5.89. The Labute approximate surface area is 351 Å². The predicted octanol–water partition coefficient (Wildman–Crippen LogP) is 8.38. The lowest BCUT2D eigenvalue weighted by molar-refractivity contribution is -0.123. The highest BCUT2D eigenvalue weighted by Crippen LogP contribution is 2.21. The van der Waals surface area contributed by atoms with Crippen molar-refractivity contribution >= 4 is 45.8 Å². The molecule has 12 nitrogen and oxygen atoms in total. The molecule has 0 radical (unpaired) electrons. The third-order valence-electron chi connectivity index (χ3n) is 10.5. The first kappa shape index (κ1) is 43.0. The van der Waals surface area contributed by atoms with Crippen LogP contribution in [-0.2, 0) is 45.1 Å². The van der Waals surface area contributed by atoms with Crippen LogP contribution in [0.25, 0.3) is 21.8 Å². The third kappa shape index (κ3) is 13.5. The average molecular weight is 813 g/mol. The molecule has 6 N–H and O–H groups in total. The van der Waals surface area contributed by atoms with Crippen LogP contribution in [0.1, 0.15) is 73.6 Å². The first-order chi connectivity index (χ1) is 29.4. The van der Waals surface area contributed by atoms with Gasteiger partial charge in [-0.1, -0.05) is 136 Å². The van der Waals surface area contributed by atoms with E-state index in [9.17, 15) is 19.2 Å². The van der Waals surface area contributed by atoms with E-state index in [0.717, 1.165) is 95.4 Å². The van der Waals surface area contributed by atoms with Gasteiger partial charge in [-0.3, -0.25) is 9.59 Å². The normalized spacial score (nSPS) is 12.1. The molecular formula is C48H56N6O6. The number of ether oxygens (including phenoxy) is 2. The summed E-state index contributed by atoms with van der Waals surface area (Å²) in [6.45, 7) is 1.27. The van der Waals surface area contributed by atoms with Crippen LogP contribution in [0.3, 0.4) is 0 Å². The number of aromatic amines is 2. The minimum Gasteiger partial charge on any atom is -0.445 e. The molecular weight excluding hydrogens is 757 g/mol. The molecule has 2 heterocycles. The van der Waals surface area contributed by atoms with Gasteiger partial charge in [0.05, 0.1) is 0 Å². The van der Waals surface area contributed by atoms with Crippen LogP contribution in [0.2, 0.25) is 0 Å². The maximum atomic E-state index is 13.4. The number of hydrogen-bond donors (Lipinski definition) is 6. The van der Waals surface area contributed by atoms with Gasteiger partial charge in [0, 0.05) is 60.1 Å². The van der Waals surface area contributed by atoms with Gasteiger partial charge in [0.15, 0.2) is 0 Å². The van der Waals surface area contributed by atoms with Crippen molar-refractivity contribution in [2.75, 3.05) is 13.1 Å². The van der Waals surface area contributed by atoms with Gasteiger partial charge in [-0.15, -0.1) is 0 Å². The Kier molecular flexibility index (Phi) is 16.6. The summed E-state index contributed by atoms with van der Waals surface area (Å²) in [7, 11) is 0. The summed E-state index contributed by atoms with van der Waals surface area (Å²) in [5.41, 5.74) is 5.56. The molecule has 60 heavy (non-hydrogen) atoms. The highest BCUT2D eigenvalue weighted by atomic mass is 16.6. The fraction of sp³-hybridized carbons (Fsp3) is 0.333. The van der Waals surface area contributed by atoms with Crippen LogP contribution in [-0.4, -0.2) is 59.1 Å². The number of fused-ring (bicyclic) bond motifs is 2. The molecule has 314 valence electrons. The molecule has 0 fully saturated rings. The van der Waals surface area contributed by atoms with Crippen molar-refractivity contribution < 1.29 is 28.7 Å². The van der Waals surface area contributed by atoms with Crippen molar-refractivity contribution in [3.63, 3.8) is 0 Å². The molecule has 2 aromatic heterocycles. The highest BCUT2D eigenvalue weighted by Gasteiger charge is 2.24. The third-order valence-corrected chi connectivity index (χ3v) is 10.5. The monoisotopic (exact) mass is 812 g/mol. The molecule has 0 bridgehead atoms. The number of para-hydroxylation sites is 2. The van der Waals surface area contributed by atoms with Crippen LogP contribution in [0.4, 0.5) is 9.59 Å². The summed E-state index contributed by atoms with van der Waals surface area (Å²) < 4.78 is 10.9. The van der Waals surface area contributed by atoms with E-state index < -0.39 is 24.3 Å². The van der Waals surface area contributed by atoms with Crippen molar-refractivity contribution in [1.29, 1.82) is 0 Å². The molecule has 0 aliphatic rings. The van der Waals surface area contributed by atoms with Crippen molar-refractivity contribution in [2.24, 2.45) is 0 Å². The zero-order valence-electron chi connectivity index (χ0n) is 34.1. The molecule has 2 atom stereocenters. The largest absolute Gasteiger partial charge is 0.445 e. The van der Waals surface area contributed by atoms with Gasteiger partial charge in [-0.05, 0) is 47.2 Å². The lowest BCUT2D eigenvalue weighted by Crippen LogP contribution is -2.48. The zero-order chi connectivity index (χ0) is 41.8. The number of amides is 4. The number of aromatic nitrogens is 2. The van der Waals surface area contributed by atoms with Crippen LogP contribution < -0.4 is 21.3 Å². The van der Waals surface area contributed by atoms with Crippen LogP contribution in [0, 0.1) is 0 Å². The standard InChI is InChI=1S/C48H56N6O6/c55-45(43(29-37-31-51-41-25-15-13-23-39(37)41)53-47(57)59-33-35-19-9-7-10-20-35)49-27-17-5-3-1-2-4-6-18-28-50-46(56)44(30-38-32-52-42-26-16-14-24-40(38)42)54-48(58)60-34-36-21-11-8-12-22-36/h7-16,19-26,31-32,43-44,51-52H,1-6,17-18,27-30,33-34H2,(H,49,55)(H,50,56)(H,53,57)(H,54,58). The van der Waals surface area contributed by atoms with E-state index in [4.69, 9.17) is 9.47 Å². The number of H-pyrrole nitrogens is 2. The predicted molar refractivity (Wildman–Crippen MR) is 234 cm³/mol. The molecule has 12 heteroatoms. The Morgan fingerprint density at radius 1 is 0.467 bits per heavy atom. The second-order valence-electron chi connectivity index (χ2n) is 15.1. The first-order valence-electron chi connectivity index (χ1n) is 21.0. The average Bonchev–Trinajstić information content (AvgIpc) is 3.89. The maximum absolute atomic E-state index is 13.4. The molecule has 6 rings (SSSR count). The second kappa shape index (κ2) is 23.1. The number of nitrogens with one attached hydrogen (secondary N) is 6. The minimum atomic E-state index is -0.791. The fourth-order valence-electron chi connectivity index (χ4n) is 7.25. The lowest BCUT2D eigenvalue weighted by Gasteiger charge is -2.18. The van der Waals surface area contributed by atoms with Gasteiger partial charge in [-0.25, -0.2) is 9.59 Å². The second-order valence-corrected chi connectivity index (χ2v) is 15.1. The zero-order valence-corrected chi connectivity index (χ0v) is 34.1. The fourth-order valence-corrected chi connectivity index (χ4v) is 7.25. The Hall–Kier alpha value is -6.56. The van der Waals surface area contributed by atoms with E-state index in [-0.39, 0.29) is 25.0 Å². The number of unbranched alkanes of at least 4 members (excludes halogenated alkanes) is 7. The number of alkyl carbamates (subject to hydrolysis) is 2. The molecule has 4 amide bonds. The van der Waals surface area contributed by atoms with E-state index in [2.05, 4.69) is 31.2 Å². The molecule has 0 saturated carbocycles. The Bertz CT molecular complexity index is 2100. The van der Waals surface area contributed by atoms with Gasteiger partial charge in [0.2, 0.25) is 11.8 Å². The van der Waals surface area contributed by atoms with E-state index in [1.54, 1.807) is 0 Å². The first-order valence-corrected chi connectivity index (χ1v) is 21.0. The topological polar surface area (TPSA) is 166 Å². The number of hydrogen-bond acceptors (Lipinski definition) is 6. The van der Waals surface area contributed by atoms with Gasteiger partial charge in [0.1, 0.15) is 25.3 Å². The number of carbonyl (C=O) groups excluding carboxylic acids is 4. The molecule has 0 saturated heterocycles. The quantitative estimate of drug-likeness (QED) is 0.0356. The van der Waals surface area contributed by atoms with E-state index in [1.165, 1.54) is 0 Å². The van der Waals surface area contributed by atoms with Gasteiger partial charge in [0.25, 0.3) is 0 Å². The summed E-state index contributed by atoms with van der Waals surface area (Å²) in [4.78, 5) is 58.7. The summed E-state index contributed by atoms with van der Waals surface area (Å²) >= 11 is 0. The van der Waals surface area contributed by atoms with Crippen molar-refractivity contribution in [3.8, 4) is 0 Å². The summed E-state index contributed by atoms with van der Waals surface area (Å²) in [6.07, 6.45) is 11.0. The Morgan fingerprint density at radius 2 is 0.833 bits per heavy atom. The molecule has 0 spiro atoms. The molecule has 2 unspecified atom stereocenters. The van der Waals surface area contributed by atoms with Crippen molar-refractivity contribution in [3.05, 3.63) is 144 Å². The number of benzene rings is 4. The number of carbonyl (C=O) groups is 4.